The van der Waals surface area contributed by atoms with E-state index in [0.29, 0.717) is 24.5 Å². The third kappa shape index (κ3) is 3.62. The maximum atomic E-state index is 12.4. The number of rotatable bonds is 6. The topological polar surface area (TPSA) is 97.3 Å². The zero-order chi connectivity index (χ0) is 17.8. The molecule has 0 bridgehead atoms. The minimum absolute atomic E-state index is 0.195. The van der Waals surface area contributed by atoms with Crippen LogP contribution in [0.15, 0.2) is 23.2 Å². The van der Waals surface area contributed by atoms with E-state index < -0.39 is 23.8 Å². The fourth-order valence-electron chi connectivity index (χ4n) is 2.59. The molecule has 0 radical (unpaired) electrons. The molecule has 0 aliphatic carbocycles. The highest BCUT2D eigenvalue weighted by atomic mass is 16.7. The van der Waals surface area contributed by atoms with Gasteiger partial charge in [0.15, 0.2) is 17.4 Å². The third-order valence-corrected chi connectivity index (χ3v) is 3.99. The van der Waals surface area contributed by atoms with Gasteiger partial charge in [-0.1, -0.05) is 19.4 Å². The van der Waals surface area contributed by atoms with Crippen molar-refractivity contribution in [2.75, 3.05) is 13.3 Å². The molecule has 132 valence electrons. The fraction of sp³-hybridized carbons (Fsp3) is 0.412. The molecule has 0 unspecified atom stereocenters. The number of nitrogens with zero attached hydrogens (tertiary/aromatic N) is 2. The van der Waals surface area contributed by atoms with Gasteiger partial charge in [0.05, 0.1) is 6.54 Å². The molecule has 1 aromatic rings. The van der Waals surface area contributed by atoms with E-state index in [1.54, 1.807) is 12.1 Å². The van der Waals surface area contributed by atoms with Crippen molar-refractivity contribution < 1.29 is 23.9 Å². The van der Waals surface area contributed by atoms with Crippen molar-refractivity contribution in [2.24, 2.45) is 10.9 Å². The summed E-state index contributed by atoms with van der Waals surface area (Å²) in [5.41, 5.74) is 0.864. The first kappa shape index (κ1) is 16.9. The molecule has 1 atom stereocenters. The summed E-state index contributed by atoms with van der Waals surface area (Å²) >= 11 is 0. The SMILES string of the molecule is CCCCN1C(=O)NC(=O)[C@@H](C=NCc2ccc3c(c2)OCO3)C1=O. The number of aliphatic imine (C=N–C) groups is 1. The molecule has 2 aliphatic rings. The summed E-state index contributed by atoms with van der Waals surface area (Å²) in [7, 11) is 0. The first-order chi connectivity index (χ1) is 12.1. The Morgan fingerprint density at radius 3 is 2.88 bits per heavy atom. The van der Waals surface area contributed by atoms with Gasteiger partial charge in [-0.25, -0.2) is 4.79 Å². The lowest BCUT2D eigenvalue weighted by molar-refractivity contribution is -0.139. The van der Waals surface area contributed by atoms with Crippen molar-refractivity contribution in [1.29, 1.82) is 0 Å². The second-order valence-electron chi connectivity index (χ2n) is 5.79. The van der Waals surface area contributed by atoms with Gasteiger partial charge >= 0.3 is 6.03 Å². The summed E-state index contributed by atoms with van der Waals surface area (Å²) in [5.74, 6) is -0.924. The van der Waals surface area contributed by atoms with Crippen LogP contribution in [-0.2, 0) is 16.1 Å². The Morgan fingerprint density at radius 2 is 2.08 bits per heavy atom. The summed E-state index contributed by atoms with van der Waals surface area (Å²) in [6, 6.07) is 4.77. The third-order valence-electron chi connectivity index (χ3n) is 3.99. The van der Waals surface area contributed by atoms with Gasteiger partial charge in [0.2, 0.25) is 18.6 Å². The number of unbranched alkanes of at least 4 members (excludes halogenated alkanes) is 1. The Labute approximate surface area is 144 Å². The number of nitrogens with one attached hydrogen (secondary N) is 1. The van der Waals surface area contributed by atoms with Crippen LogP contribution in [0.5, 0.6) is 11.5 Å². The molecule has 25 heavy (non-hydrogen) atoms. The molecule has 1 aromatic carbocycles. The average Bonchev–Trinajstić information content (AvgIpc) is 3.05. The van der Waals surface area contributed by atoms with Gasteiger partial charge in [0.25, 0.3) is 0 Å². The Balaban J connectivity index is 1.65. The Bertz CT molecular complexity index is 731. The maximum absolute atomic E-state index is 12.4. The van der Waals surface area contributed by atoms with Gasteiger partial charge < -0.3 is 9.47 Å². The Hall–Kier alpha value is -2.90. The number of barbiturate groups is 1. The minimum Gasteiger partial charge on any atom is -0.454 e. The molecule has 4 amide bonds. The van der Waals surface area contributed by atoms with E-state index in [4.69, 9.17) is 9.47 Å². The van der Waals surface area contributed by atoms with Crippen LogP contribution in [0.2, 0.25) is 0 Å². The first-order valence-corrected chi connectivity index (χ1v) is 8.15. The number of fused-ring (bicyclic) bond motifs is 1. The highest BCUT2D eigenvalue weighted by Crippen LogP contribution is 2.32. The van der Waals surface area contributed by atoms with Crippen LogP contribution in [0.3, 0.4) is 0 Å². The van der Waals surface area contributed by atoms with Gasteiger partial charge in [0.1, 0.15) is 0 Å². The van der Waals surface area contributed by atoms with Crippen molar-refractivity contribution in [3.63, 3.8) is 0 Å². The summed E-state index contributed by atoms with van der Waals surface area (Å²) < 4.78 is 10.5. The van der Waals surface area contributed by atoms with Gasteiger partial charge in [-0.05, 0) is 24.1 Å². The number of ether oxygens (including phenoxy) is 2. The number of amides is 4. The number of benzene rings is 1. The zero-order valence-electron chi connectivity index (χ0n) is 13.9. The second kappa shape index (κ2) is 7.33. The van der Waals surface area contributed by atoms with E-state index in [1.807, 2.05) is 13.0 Å². The molecular weight excluding hydrogens is 326 g/mol. The molecule has 8 heteroatoms. The van der Waals surface area contributed by atoms with E-state index in [9.17, 15) is 14.4 Å². The number of hydrogen-bond donors (Lipinski definition) is 1. The van der Waals surface area contributed by atoms with Crippen LogP contribution < -0.4 is 14.8 Å². The fourth-order valence-corrected chi connectivity index (χ4v) is 2.59. The Kier molecular flexibility index (Phi) is 4.97. The van der Waals surface area contributed by atoms with E-state index >= 15 is 0 Å². The number of urea groups is 1. The van der Waals surface area contributed by atoms with Crippen LogP contribution in [0.1, 0.15) is 25.3 Å². The zero-order valence-corrected chi connectivity index (χ0v) is 13.9. The maximum Gasteiger partial charge on any atom is 0.330 e. The molecule has 1 saturated heterocycles. The van der Waals surface area contributed by atoms with Gasteiger partial charge in [-0.15, -0.1) is 0 Å². The van der Waals surface area contributed by atoms with Crippen molar-refractivity contribution in [2.45, 2.75) is 26.3 Å². The number of carbonyl (C=O) groups is 3. The summed E-state index contributed by atoms with van der Waals surface area (Å²) in [5, 5.41) is 2.20. The van der Waals surface area contributed by atoms with Crippen molar-refractivity contribution >= 4 is 24.1 Å². The predicted octanol–water partition coefficient (Wildman–Crippen LogP) is 1.48. The summed E-state index contributed by atoms with van der Waals surface area (Å²) in [6.07, 6.45) is 2.83. The summed E-state index contributed by atoms with van der Waals surface area (Å²) in [6.45, 7) is 2.74. The van der Waals surface area contributed by atoms with Crippen molar-refractivity contribution in [3.05, 3.63) is 23.8 Å². The van der Waals surface area contributed by atoms with Crippen molar-refractivity contribution in [3.8, 4) is 11.5 Å². The highest BCUT2D eigenvalue weighted by Gasteiger charge is 2.38. The lowest BCUT2D eigenvalue weighted by atomic mass is 10.1. The number of carbonyl (C=O) groups excluding carboxylic acids is 3. The molecule has 3 rings (SSSR count). The lowest BCUT2D eigenvalue weighted by Gasteiger charge is -2.28. The summed E-state index contributed by atoms with van der Waals surface area (Å²) in [4.78, 5) is 41.3. The van der Waals surface area contributed by atoms with Gasteiger partial charge in [-0.3, -0.25) is 24.8 Å². The molecule has 0 saturated carbocycles. The molecule has 2 aliphatic heterocycles. The Morgan fingerprint density at radius 1 is 1.28 bits per heavy atom. The monoisotopic (exact) mass is 345 g/mol. The van der Waals surface area contributed by atoms with Crippen LogP contribution in [0, 0.1) is 5.92 Å². The van der Waals surface area contributed by atoms with Gasteiger partial charge in [-0.2, -0.15) is 0 Å². The van der Waals surface area contributed by atoms with E-state index in [0.717, 1.165) is 16.9 Å². The van der Waals surface area contributed by atoms with Crippen LogP contribution in [0.4, 0.5) is 4.79 Å². The lowest BCUT2D eigenvalue weighted by Crippen LogP contribution is -2.58. The quantitative estimate of drug-likeness (QED) is 0.622. The highest BCUT2D eigenvalue weighted by molar-refractivity contribution is 6.23. The normalized spacial score (nSPS) is 19.6. The first-order valence-electron chi connectivity index (χ1n) is 8.15. The second-order valence-corrected chi connectivity index (χ2v) is 5.79. The molecule has 1 N–H and O–H groups in total. The van der Waals surface area contributed by atoms with Crippen LogP contribution >= 0.6 is 0 Å². The molecule has 1 fully saturated rings. The average molecular weight is 345 g/mol. The van der Waals surface area contributed by atoms with Crippen molar-refractivity contribution in [1.82, 2.24) is 10.2 Å². The number of imide groups is 2. The molecule has 2 heterocycles. The molecule has 0 spiro atoms. The molecule has 0 aromatic heterocycles. The smallest absolute Gasteiger partial charge is 0.330 e. The largest absolute Gasteiger partial charge is 0.454 e. The van der Waals surface area contributed by atoms with Gasteiger partial charge in [0, 0.05) is 12.8 Å². The molecular formula is C17H19N3O5. The number of hydrogen-bond acceptors (Lipinski definition) is 6. The van der Waals surface area contributed by atoms with E-state index in [-0.39, 0.29) is 13.3 Å². The van der Waals surface area contributed by atoms with Crippen LogP contribution in [0.25, 0.3) is 0 Å². The standard InChI is InChI=1S/C17H19N3O5/c1-2-3-6-20-16(22)12(15(21)19-17(20)23)9-18-8-11-4-5-13-14(7-11)25-10-24-13/h4-5,7,9,12H,2-3,6,8,10H2,1H3,(H,19,21,23)/t12-/m1/s1. The van der Waals surface area contributed by atoms with E-state index in [1.165, 1.54) is 6.21 Å². The van der Waals surface area contributed by atoms with Crippen LogP contribution in [-0.4, -0.2) is 42.3 Å². The van der Waals surface area contributed by atoms with E-state index in [2.05, 4.69) is 10.3 Å². The molecule has 8 nitrogen and oxygen atoms in total. The predicted molar refractivity (Wildman–Crippen MR) is 88.4 cm³/mol. The minimum atomic E-state index is -1.08.